The highest BCUT2D eigenvalue weighted by Crippen LogP contribution is 2.17. The van der Waals surface area contributed by atoms with Crippen LogP contribution in [0.3, 0.4) is 0 Å². The monoisotopic (exact) mass is 266 g/mol. The molecular formula is C12H18N4OS. The molecular weight excluding hydrogens is 248 g/mol. The van der Waals surface area contributed by atoms with Gasteiger partial charge in [0.25, 0.3) is 0 Å². The second kappa shape index (κ2) is 6.06. The van der Waals surface area contributed by atoms with Crippen LogP contribution in [-0.2, 0) is 0 Å². The Labute approximate surface area is 112 Å². The molecule has 6 heteroatoms. The fraction of sp³-hybridized carbons (Fsp3) is 0.583. The molecule has 1 unspecified atom stereocenters. The maximum atomic E-state index is 5.73. The van der Waals surface area contributed by atoms with Crippen LogP contribution in [0, 0.1) is 0 Å². The number of nitrogens with zero attached hydrogens (tertiary/aromatic N) is 3. The molecule has 1 atom stereocenters. The Bertz CT molecular complexity index is 426. The SMILES string of the molecule is CN1CCCCC1COc1nccnc1C(N)=S. The van der Waals surface area contributed by atoms with Crippen LogP contribution in [-0.4, -0.2) is 46.1 Å². The first-order valence-electron chi connectivity index (χ1n) is 6.12. The van der Waals surface area contributed by atoms with Crippen LogP contribution in [0.5, 0.6) is 5.88 Å². The molecule has 0 radical (unpaired) electrons. The summed E-state index contributed by atoms with van der Waals surface area (Å²) in [6.45, 7) is 1.72. The van der Waals surface area contributed by atoms with Gasteiger partial charge in [0.05, 0.1) is 0 Å². The highest BCUT2D eigenvalue weighted by Gasteiger charge is 2.20. The largest absolute Gasteiger partial charge is 0.474 e. The molecule has 0 bridgehead atoms. The van der Waals surface area contributed by atoms with E-state index in [4.69, 9.17) is 22.7 Å². The van der Waals surface area contributed by atoms with Gasteiger partial charge < -0.3 is 15.4 Å². The summed E-state index contributed by atoms with van der Waals surface area (Å²) in [5, 5.41) is 0. The average molecular weight is 266 g/mol. The summed E-state index contributed by atoms with van der Waals surface area (Å²) in [7, 11) is 2.12. The summed E-state index contributed by atoms with van der Waals surface area (Å²) < 4.78 is 5.73. The molecule has 1 saturated heterocycles. The first-order valence-corrected chi connectivity index (χ1v) is 6.53. The second-order valence-electron chi connectivity index (χ2n) is 4.52. The number of nitrogens with two attached hydrogens (primary N) is 1. The number of likely N-dealkylation sites (tertiary alicyclic amines) is 1. The molecule has 2 heterocycles. The molecule has 0 spiro atoms. The molecule has 1 aromatic rings. The van der Waals surface area contributed by atoms with E-state index in [1.807, 2.05) is 0 Å². The Morgan fingerprint density at radius 1 is 1.50 bits per heavy atom. The van der Waals surface area contributed by atoms with E-state index in [1.165, 1.54) is 12.8 Å². The first-order chi connectivity index (χ1) is 8.68. The van der Waals surface area contributed by atoms with Gasteiger partial charge in [-0.2, -0.15) is 0 Å². The number of thiocarbonyl (C=S) groups is 1. The molecule has 1 aliphatic rings. The van der Waals surface area contributed by atoms with Gasteiger partial charge in [-0.1, -0.05) is 18.6 Å². The van der Waals surface area contributed by atoms with Gasteiger partial charge in [-0.15, -0.1) is 0 Å². The highest BCUT2D eigenvalue weighted by atomic mass is 32.1. The van der Waals surface area contributed by atoms with Crippen molar-refractivity contribution in [1.82, 2.24) is 14.9 Å². The number of piperidine rings is 1. The molecule has 5 nitrogen and oxygen atoms in total. The minimum Gasteiger partial charge on any atom is -0.474 e. The zero-order chi connectivity index (χ0) is 13.0. The second-order valence-corrected chi connectivity index (χ2v) is 4.96. The number of aromatic nitrogens is 2. The number of rotatable bonds is 4. The Hall–Kier alpha value is -1.27. The van der Waals surface area contributed by atoms with Crippen LogP contribution >= 0.6 is 12.2 Å². The summed E-state index contributed by atoms with van der Waals surface area (Å²) in [4.78, 5) is 10.8. The fourth-order valence-electron chi connectivity index (χ4n) is 2.13. The van der Waals surface area contributed by atoms with Crippen LogP contribution < -0.4 is 10.5 Å². The number of hydrogen-bond donors (Lipinski definition) is 1. The van der Waals surface area contributed by atoms with E-state index in [9.17, 15) is 0 Å². The summed E-state index contributed by atoms with van der Waals surface area (Å²) in [5.41, 5.74) is 6.05. The van der Waals surface area contributed by atoms with Crippen molar-refractivity contribution in [2.24, 2.45) is 5.73 Å². The molecule has 1 aromatic heterocycles. The molecule has 2 N–H and O–H groups in total. The van der Waals surface area contributed by atoms with Crippen LogP contribution in [0.1, 0.15) is 25.0 Å². The van der Waals surface area contributed by atoms with E-state index >= 15 is 0 Å². The Balaban J connectivity index is 1.99. The highest BCUT2D eigenvalue weighted by molar-refractivity contribution is 7.80. The quantitative estimate of drug-likeness (QED) is 0.819. The van der Waals surface area contributed by atoms with Crippen LogP contribution in [0.4, 0.5) is 0 Å². The van der Waals surface area contributed by atoms with Crippen molar-refractivity contribution in [3.63, 3.8) is 0 Å². The van der Waals surface area contributed by atoms with E-state index in [-0.39, 0.29) is 4.99 Å². The van der Waals surface area contributed by atoms with Gasteiger partial charge in [0.2, 0.25) is 5.88 Å². The van der Waals surface area contributed by atoms with Crippen molar-refractivity contribution in [3.8, 4) is 5.88 Å². The number of hydrogen-bond acceptors (Lipinski definition) is 5. The van der Waals surface area contributed by atoms with Crippen molar-refractivity contribution in [2.75, 3.05) is 20.2 Å². The minimum absolute atomic E-state index is 0.218. The van der Waals surface area contributed by atoms with E-state index in [0.29, 0.717) is 24.2 Å². The van der Waals surface area contributed by atoms with Gasteiger partial charge in [-0.05, 0) is 26.4 Å². The predicted molar refractivity (Wildman–Crippen MR) is 73.7 cm³/mol. The Kier molecular flexibility index (Phi) is 4.43. The maximum Gasteiger partial charge on any atom is 0.243 e. The Morgan fingerprint density at radius 3 is 3.00 bits per heavy atom. The van der Waals surface area contributed by atoms with Crippen LogP contribution in [0.2, 0.25) is 0 Å². The van der Waals surface area contributed by atoms with Gasteiger partial charge in [0, 0.05) is 18.4 Å². The third-order valence-corrected chi connectivity index (χ3v) is 3.43. The number of ether oxygens (including phenoxy) is 1. The maximum absolute atomic E-state index is 5.73. The normalized spacial score (nSPS) is 20.6. The molecule has 0 saturated carbocycles. The average Bonchev–Trinajstić information content (AvgIpc) is 2.38. The third kappa shape index (κ3) is 3.14. The Morgan fingerprint density at radius 2 is 2.28 bits per heavy atom. The van der Waals surface area contributed by atoms with Crippen molar-refractivity contribution in [1.29, 1.82) is 0 Å². The van der Waals surface area contributed by atoms with Crippen LogP contribution in [0.15, 0.2) is 12.4 Å². The molecule has 0 aliphatic carbocycles. The topological polar surface area (TPSA) is 64.3 Å². The van der Waals surface area contributed by atoms with E-state index in [1.54, 1.807) is 12.4 Å². The minimum atomic E-state index is 0.218. The lowest BCUT2D eigenvalue weighted by Crippen LogP contribution is -2.40. The molecule has 1 aliphatic heterocycles. The summed E-state index contributed by atoms with van der Waals surface area (Å²) >= 11 is 4.93. The van der Waals surface area contributed by atoms with Gasteiger partial charge in [-0.25, -0.2) is 9.97 Å². The lowest BCUT2D eigenvalue weighted by molar-refractivity contribution is 0.122. The van der Waals surface area contributed by atoms with Crippen molar-refractivity contribution in [2.45, 2.75) is 25.3 Å². The summed E-state index contributed by atoms with van der Waals surface area (Å²) in [5.74, 6) is 0.434. The molecule has 0 amide bonds. The van der Waals surface area contributed by atoms with Gasteiger partial charge in [0.15, 0.2) is 5.69 Å². The lowest BCUT2D eigenvalue weighted by atomic mass is 10.0. The van der Waals surface area contributed by atoms with Gasteiger partial charge >= 0.3 is 0 Å². The summed E-state index contributed by atoms with van der Waals surface area (Å²) in [6.07, 6.45) is 6.81. The van der Waals surface area contributed by atoms with E-state index in [2.05, 4.69) is 21.9 Å². The predicted octanol–water partition coefficient (Wildman–Crippen LogP) is 0.974. The van der Waals surface area contributed by atoms with Crippen molar-refractivity contribution >= 4 is 17.2 Å². The third-order valence-electron chi connectivity index (χ3n) is 3.23. The van der Waals surface area contributed by atoms with Crippen molar-refractivity contribution in [3.05, 3.63) is 18.1 Å². The molecule has 18 heavy (non-hydrogen) atoms. The molecule has 1 fully saturated rings. The van der Waals surface area contributed by atoms with E-state index in [0.717, 1.165) is 13.0 Å². The smallest absolute Gasteiger partial charge is 0.243 e. The van der Waals surface area contributed by atoms with Gasteiger partial charge in [-0.3, -0.25) is 0 Å². The molecule has 0 aromatic carbocycles. The number of likely N-dealkylation sites (N-methyl/N-ethyl adjacent to an activating group) is 1. The van der Waals surface area contributed by atoms with Gasteiger partial charge in [0.1, 0.15) is 11.6 Å². The standard InChI is InChI=1S/C12H18N4OS/c1-16-7-3-2-4-9(16)8-17-12-10(11(13)18)14-5-6-15-12/h5-6,9H,2-4,7-8H2,1H3,(H2,13,18). The van der Waals surface area contributed by atoms with Crippen molar-refractivity contribution < 1.29 is 4.74 Å². The lowest BCUT2D eigenvalue weighted by Gasteiger charge is -2.32. The fourth-order valence-corrected chi connectivity index (χ4v) is 2.27. The summed E-state index contributed by atoms with van der Waals surface area (Å²) in [6, 6.07) is 0.431. The van der Waals surface area contributed by atoms with Crippen LogP contribution in [0.25, 0.3) is 0 Å². The zero-order valence-corrected chi connectivity index (χ0v) is 11.3. The van der Waals surface area contributed by atoms with E-state index < -0.39 is 0 Å². The first kappa shape index (κ1) is 13.2. The molecule has 2 rings (SSSR count). The zero-order valence-electron chi connectivity index (χ0n) is 10.5. The molecule has 98 valence electrons.